The highest BCUT2D eigenvalue weighted by Gasteiger charge is 2.32. The second-order valence-corrected chi connectivity index (χ2v) is 9.12. The third-order valence-electron chi connectivity index (χ3n) is 4.50. The Morgan fingerprint density at radius 2 is 1.92 bits per heavy atom. The first-order valence-electron chi connectivity index (χ1n) is 8.46. The van der Waals surface area contributed by atoms with Crippen LogP contribution in [-0.2, 0) is 10.0 Å². The fourth-order valence-electron chi connectivity index (χ4n) is 3.07. The van der Waals surface area contributed by atoms with Crippen LogP contribution in [0.4, 0.5) is 0 Å². The van der Waals surface area contributed by atoms with E-state index in [2.05, 4.69) is 21.2 Å². The number of furan rings is 1. The van der Waals surface area contributed by atoms with Gasteiger partial charge in [0.1, 0.15) is 10.7 Å². The van der Waals surface area contributed by atoms with E-state index in [9.17, 15) is 13.2 Å². The van der Waals surface area contributed by atoms with E-state index in [0.29, 0.717) is 13.1 Å². The predicted octanol–water partition coefficient (Wildman–Crippen LogP) is 3.63. The molecular weight excluding hydrogens is 420 g/mol. The van der Waals surface area contributed by atoms with Gasteiger partial charge in [0.15, 0.2) is 5.76 Å². The molecule has 1 saturated heterocycles. The van der Waals surface area contributed by atoms with E-state index in [0.717, 1.165) is 22.9 Å². The molecule has 0 saturated carbocycles. The molecule has 140 valence electrons. The summed E-state index contributed by atoms with van der Waals surface area (Å²) in [5, 5.41) is 2.84. The number of carbonyl (C=O) groups is 1. The van der Waals surface area contributed by atoms with Gasteiger partial charge in [-0.25, -0.2) is 8.42 Å². The molecule has 26 heavy (non-hydrogen) atoms. The first kappa shape index (κ1) is 19.1. The lowest BCUT2D eigenvalue weighted by molar-refractivity contribution is 0.0910. The summed E-state index contributed by atoms with van der Waals surface area (Å²) >= 11 is 3.46. The van der Waals surface area contributed by atoms with Crippen molar-refractivity contribution >= 4 is 31.9 Å². The number of hydrogen-bond donors (Lipinski definition) is 1. The van der Waals surface area contributed by atoms with Gasteiger partial charge < -0.3 is 9.73 Å². The Morgan fingerprint density at radius 3 is 2.58 bits per heavy atom. The maximum atomic E-state index is 12.7. The molecule has 6 nitrogen and oxygen atoms in total. The molecule has 1 aliphatic heterocycles. The molecule has 1 unspecified atom stereocenters. The summed E-state index contributed by atoms with van der Waals surface area (Å²) in [5.74, 6) is -0.214. The molecular formula is C18H21BrN2O4S. The van der Waals surface area contributed by atoms with Gasteiger partial charge in [0, 0.05) is 23.6 Å². The van der Waals surface area contributed by atoms with E-state index in [4.69, 9.17) is 4.42 Å². The van der Waals surface area contributed by atoms with Gasteiger partial charge >= 0.3 is 0 Å². The summed E-state index contributed by atoms with van der Waals surface area (Å²) < 4.78 is 33.2. The van der Waals surface area contributed by atoms with Crippen molar-refractivity contribution in [2.24, 2.45) is 0 Å². The molecule has 3 rings (SSSR count). The van der Waals surface area contributed by atoms with Crippen LogP contribution in [0.15, 0.2) is 44.1 Å². The van der Waals surface area contributed by atoms with E-state index in [-0.39, 0.29) is 22.5 Å². The molecule has 2 heterocycles. The fraction of sp³-hybridized carbons (Fsp3) is 0.389. The summed E-state index contributed by atoms with van der Waals surface area (Å²) in [6, 6.07) is 8.66. The Hall–Kier alpha value is -1.64. The van der Waals surface area contributed by atoms with Crippen molar-refractivity contribution in [3.8, 4) is 0 Å². The quantitative estimate of drug-likeness (QED) is 0.769. The zero-order valence-electron chi connectivity index (χ0n) is 14.7. The monoisotopic (exact) mass is 440 g/mol. The number of carbonyl (C=O) groups excluding carboxylic acids is 1. The molecule has 1 aromatic heterocycles. The molecule has 1 N–H and O–H groups in total. The highest BCUT2D eigenvalue weighted by atomic mass is 79.9. The zero-order chi connectivity index (χ0) is 18.9. The van der Waals surface area contributed by atoms with Crippen molar-refractivity contribution in [1.29, 1.82) is 0 Å². The summed E-state index contributed by atoms with van der Waals surface area (Å²) in [7, 11) is -3.62. The molecule has 0 radical (unpaired) electrons. The van der Waals surface area contributed by atoms with Crippen LogP contribution in [-0.4, -0.2) is 31.7 Å². The van der Waals surface area contributed by atoms with E-state index >= 15 is 0 Å². The number of aryl methyl sites for hydroxylation is 1. The average Bonchev–Trinajstić information content (AvgIpc) is 3.25. The van der Waals surface area contributed by atoms with Crippen LogP contribution >= 0.6 is 15.9 Å². The molecule has 1 atom stereocenters. The van der Waals surface area contributed by atoms with Gasteiger partial charge in [0.25, 0.3) is 5.91 Å². The second-order valence-electron chi connectivity index (χ2n) is 6.36. The zero-order valence-corrected chi connectivity index (χ0v) is 17.1. The van der Waals surface area contributed by atoms with Crippen LogP contribution in [0.5, 0.6) is 0 Å². The van der Waals surface area contributed by atoms with E-state index < -0.39 is 15.9 Å². The van der Waals surface area contributed by atoms with Gasteiger partial charge in [-0.1, -0.05) is 34.1 Å². The Bertz CT molecular complexity index is 917. The molecule has 1 fully saturated rings. The molecule has 1 aromatic carbocycles. The largest absolute Gasteiger partial charge is 0.455 e. The topological polar surface area (TPSA) is 79.6 Å². The molecule has 0 bridgehead atoms. The van der Waals surface area contributed by atoms with Crippen LogP contribution in [0.2, 0.25) is 0 Å². The highest BCUT2D eigenvalue weighted by molar-refractivity contribution is 9.10. The van der Waals surface area contributed by atoms with Gasteiger partial charge in [-0.2, -0.15) is 4.31 Å². The number of nitrogens with zero attached hydrogens (tertiary/aromatic N) is 1. The van der Waals surface area contributed by atoms with Gasteiger partial charge in [-0.15, -0.1) is 0 Å². The van der Waals surface area contributed by atoms with Gasteiger partial charge in [0.05, 0.1) is 6.04 Å². The number of hydrogen-bond acceptors (Lipinski definition) is 4. The second kappa shape index (κ2) is 7.54. The van der Waals surface area contributed by atoms with E-state index in [1.54, 1.807) is 6.92 Å². The number of amides is 1. The molecule has 1 aliphatic rings. The van der Waals surface area contributed by atoms with Crippen molar-refractivity contribution in [2.45, 2.75) is 37.6 Å². The van der Waals surface area contributed by atoms with Crippen LogP contribution < -0.4 is 5.32 Å². The fourth-order valence-corrected chi connectivity index (χ4v) is 5.38. The van der Waals surface area contributed by atoms with E-state index in [1.807, 2.05) is 31.2 Å². The molecule has 8 heteroatoms. The Morgan fingerprint density at radius 1 is 1.27 bits per heavy atom. The van der Waals surface area contributed by atoms with E-state index in [1.165, 1.54) is 10.4 Å². The number of rotatable bonds is 5. The molecule has 0 aliphatic carbocycles. The smallest absolute Gasteiger partial charge is 0.287 e. The van der Waals surface area contributed by atoms with Crippen LogP contribution in [0.3, 0.4) is 0 Å². The summed E-state index contributed by atoms with van der Waals surface area (Å²) in [5.41, 5.74) is 0.925. The van der Waals surface area contributed by atoms with Crippen molar-refractivity contribution < 1.29 is 17.6 Å². The Labute approximate surface area is 161 Å². The van der Waals surface area contributed by atoms with Crippen LogP contribution in [0.1, 0.15) is 47.7 Å². The predicted molar refractivity (Wildman–Crippen MR) is 101 cm³/mol. The average molecular weight is 441 g/mol. The lowest BCUT2D eigenvalue weighted by Gasteiger charge is -2.15. The Kier molecular flexibility index (Phi) is 5.55. The maximum absolute atomic E-state index is 12.7. The van der Waals surface area contributed by atoms with Crippen LogP contribution in [0, 0.1) is 6.92 Å². The van der Waals surface area contributed by atoms with Crippen molar-refractivity contribution in [3.63, 3.8) is 0 Å². The molecule has 2 aromatic rings. The maximum Gasteiger partial charge on any atom is 0.287 e. The number of halogens is 1. The normalized spacial score (nSPS) is 16.6. The van der Waals surface area contributed by atoms with Crippen molar-refractivity contribution in [2.75, 3.05) is 13.1 Å². The minimum absolute atomic E-state index is 0.000763. The Balaban J connectivity index is 1.80. The summed E-state index contributed by atoms with van der Waals surface area (Å²) in [6.07, 6.45) is 1.71. The minimum Gasteiger partial charge on any atom is -0.455 e. The third kappa shape index (κ3) is 3.72. The standard InChI is InChI=1S/C18H21BrN2O4S/c1-12(14-7-3-4-8-15(14)19)20-18(22)16-11-17(13(2)25-16)26(23,24)21-9-5-6-10-21/h3-4,7-8,11-12H,5-6,9-10H2,1-2H3,(H,20,22). The molecule has 0 spiro atoms. The number of sulfonamides is 1. The van der Waals surface area contributed by atoms with Crippen LogP contribution in [0.25, 0.3) is 0 Å². The van der Waals surface area contributed by atoms with Gasteiger partial charge in [-0.05, 0) is 38.3 Å². The summed E-state index contributed by atoms with van der Waals surface area (Å²) in [6.45, 7) is 4.44. The van der Waals surface area contributed by atoms with Crippen molar-refractivity contribution in [3.05, 3.63) is 51.9 Å². The third-order valence-corrected chi connectivity index (χ3v) is 7.23. The first-order valence-corrected chi connectivity index (χ1v) is 10.7. The SMILES string of the molecule is Cc1oc(C(=O)NC(C)c2ccccc2Br)cc1S(=O)(=O)N1CCCC1. The number of nitrogens with one attached hydrogen (secondary N) is 1. The molecule has 1 amide bonds. The lowest BCUT2D eigenvalue weighted by Crippen LogP contribution is -2.28. The van der Waals surface area contributed by atoms with Crippen molar-refractivity contribution in [1.82, 2.24) is 9.62 Å². The van der Waals surface area contributed by atoms with Gasteiger partial charge in [0.2, 0.25) is 10.0 Å². The summed E-state index contributed by atoms with van der Waals surface area (Å²) in [4.78, 5) is 12.6. The lowest BCUT2D eigenvalue weighted by atomic mass is 10.1. The van der Waals surface area contributed by atoms with Gasteiger partial charge in [-0.3, -0.25) is 4.79 Å². The number of benzene rings is 1. The minimum atomic E-state index is -3.62. The first-order chi connectivity index (χ1) is 12.3. The highest BCUT2D eigenvalue weighted by Crippen LogP contribution is 2.27.